The molecule has 1 fully saturated rings. The van der Waals surface area contributed by atoms with Crippen LogP contribution in [-0.4, -0.2) is 31.9 Å². The fourth-order valence-electron chi connectivity index (χ4n) is 1.79. The van der Waals surface area contributed by atoms with Gasteiger partial charge in [-0.3, -0.25) is 0 Å². The highest BCUT2D eigenvalue weighted by Crippen LogP contribution is 2.32. The molecule has 106 valence electrons. The maximum absolute atomic E-state index is 12.7. The minimum atomic E-state index is -4.41. The lowest BCUT2D eigenvalue weighted by Crippen LogP contribution is -2.14. The van der Waals surface area contributed by atoms with Crippen LogP contribution in [0.4, 0.5) is 19.0 Å². The first-order valence-electron chi connectivity index (χ1n) is 5.96. The van der Waals surface area contributed by atoms with Crippen molar-refractivity contribution >= 4 is 5.82 Å². The fraction of sp³-hybridized carbons (Fsp3) is 0.583. The number of aromatic nitrogens is 1. The van der Waals surface area contributed by atoms with E-state index in [1.807, 2.05) is 0 Å². The van der Waals surface area contributed by atoms with E-state index in [1.54, 1.807) is 0 Å². The van der Waals surface area contributed by atoms with E-state index in [0.717, 1.165) is 18.6 Å². The SMILES string of the molecule is CNc1cc(C(F)(F)F)cc(OCC2CCOC2)n1. The van der Waals surface area contributed by atoms with E-state index in [2.05, 4.69) is 10.3 Å². The molecule has 0 bridgehead atoms. The third kappa shape index (κ3) is 3.73. The number of nitrogens with one attached hydrogen (secondary N) is 1. The standard InChI is InChI=1S/C12H15F3N2O2/c1-16-10-4-9(12(13,14)15)5-11(17-10)19-7-8-2-3-18-6-8/h4-5,8H,2-3,6-7H2,1H3,(H,16,17). The van der Waals surface area contributed by atoms with Gasteiger partial charge >= 0.3 is 6.18 Å². The van der Waals surface area contributed by atoms with Crippen LogP contribution >= 0.6 is 0 Å². The van der Waals surface area contributed by atoms with Crippen LogP contribution in [0.3, 0.4) is 0 Å². The molecule has 7 heteroatoms. The van der Waals surface area contributed by atoms with Crippen LogP contribution in [0.1, 0.15) is 12.0 Å². The number of halogens is 3. The van der Waals surface area contributed by atoms with E-state index in [9.17, 15) is 13.2 Å². The summed E-state index contributed by atoms with van der Waals surface area (Å²) in [5.74, 6) is 0.327. The molecule has 1 aliphatic heterocycles. The zero-order valence-corrected chi connectivity index (χ0v) is 10.5. The van der Waals surface area contributed by atoms with Crippen molar-refractivity contribution in [1.29, 1.82) is 0 Å². The Labute approximate surface area is 108 Å². The number of nitrogens with zero attached hydrogens (tertiary/aromatic N) is 1. The van der Waals surface area contributed by atoms with Crippen LogP contribution < -0.4 is 10.1 Å². The van der Waals surface area contributed by atoms with Crippen molar-refractivity contribution in [2.75, 3.05) is 32.2 Å². The molecular weight excluding hydrogens is 261 g/mol. The van der Waals surface area contributed by atoms with E-state index in [4.69, 9.17) is 9.47 Å². The van der Waals surface area contributed by atoms with Gasteiger partial charge in [0.25, 0.3) is 0 Å². The molecule has 4 nitrogen and oxygen atoms in total. The summed E-state index contributed by atoms with van der Waals surface area (Å²) < 4.78 is 48.6. The average molecular weight is 276 g/mol. The summed E-state index contributed by atoms with van der Waals surface area (Å²) in [7, 11) is 1.51. The quantitative estimate of drug-likeness (QED) is 0.918. The van der Waals surface area contributed by atoms with Gasteiger partial charge in [0, 0.05) is 25.6 Å². The van der Waals surface area contributed by atoms with E-state index in [1.165, 1.54) is 7.05 Å². The van der Waals surface area contributed by atoms with Crippen molar-refractivity contribution in [1.82, 2.24) is 4.98 Å². The first-order chi connectivity index (χ1) is 8.99. The predicted octanol–water partition coefficient (Wildman–Crippen LogP) is 2.56. The fourth-order valence-corrected chi connectivity index (χ4v) is 1.79. The summed E-state index contributed by atoms with van der Waals surface area (Å²) in [5.41, 5.74) is -0.774. The number of hydrogen-bond donors (Lipinski definition) is 1. The highest BCUT2D eigenvalue weighted by molar-refractivity contribution is 5.42. The lowest BCUT2D eigenvalue weighted by Gasteiger charge is -2.13. The van der Waals surface area contributed by atoms with Crippen LogP contribution in [0.25, 0.3) is 0 Å². The summed E-state index contributed by atoms with van der Waals surface area (Å²) >= 11 is 0. The maximum Gasteiger partial charge on any atom is 0.416 e. The molecule has 19 heavy (non-hydrogen) atoms. The molecule has 2 rings (SSSR count). The largest absolute Gasteiger partial charge is 0.477 e. The van der Waals surface area contributed by atoms with Gasteiger partial charge in [-0.1, -0.05) is 0 Å². The third-order valence-corrected chi connectivity index (χ3v) is 2.88. The second kappa shape index (κ2) is 5.64. The Bertz CT molecular complexity index is 431. The molecule has 1 aromatic heterocycles. The van der Waals surface area contributed by atoms with E-state index < -0.39 is 11.7 Å². The lowest BCUT2D eigenvalue weighted by atomic mass is 10.1. The predicted molar refractivity (Wildman–Crippen MR) is 63.2 cm³/mol. The first kappa shape index (κ1) is 13.9. The normalized spacial score (nSPS) is 19.5. The summed E-state index contributed by atoms with van der Waals surface area (Å²) in [5, 5.41) is 2.59. The number of alkyl halides is 3. The topological polar surface area (TPSA) is 43.4 Å². The highest BCUT2D eigenvalue weighted by atomic mass is 19.4. The molecule has 0 aromatic carbocycles. The minimum Gasteiger partial charge on any atom is -0.477 e. The molecule has 0 spiro atoms. The van der Waals surface area contributed by atoms with E-state index in [0.29, 0.717) is 19.8 Å². The van der Waals surface area contributed by atoms with Crippen molar-refractivity contribution < 1.29 is 22.6 Å². The van der Waals surface area contributed by atoms with Crippen LogP contribution in [0.15, 0.2) is 12.1 Å². The Hall–Kier alpha value is -1.50. The van der Waals surface area contributed by atoms with Crippen LogP contribution in [0.2, 0.25) is 0 Å². The maximum atomic E-state index is 12.7. The van der Waals surface area contributed by atoms with Crippen molar-refractivity contribution in [3.05, 3.63) is 17.7 Å². The van der Waals surface area contributed by atoms with Gasteiger partial charge in [-0.15, -0.1) is 0 Å². The Morgan fingerprint density at radius 2 is 2.26 bits per heavy atom. The van der Waals surface area contributed by atoms with Crippen molar-refractivity contribution in [3.63, 3.8) is 0 Å². The van der Waals surface area contributed by atoms with Crippen LogP contribution in [0, 0.1) is 5.92 Å². The number of anilines is 1. The van der Waals surface area contributed by atoms with Crippen LogP contribution in [0.5, 0.6) is 5.88 Å². The highest BCUT2D eigenvalue weighted by Gasteiger charge is 2.32. The molecule has 2 heterocycles. The molecule has 0 radical (unpaired) electrons. The monoisotopic (exact) mass is 276 g/mol. The molecule has 1 saturated heterocycles. The summed E-state index contributed by atoms with van der Waals surface area (Å²) in [6.45, 7) is 1.57. The number of pyridine rings is 1. The van der Waals surface area contributed by atoms with Crippen LogP contribution in [-0.2, 0) is 10.9 Å². The summed E-state index contributed by atoms with van der Waals surface area (Å²) in [6.07, 6.45) is -3.55. The summed E-state index contributed by atoms with van der Waals surface area (Å²) in [6, 6.07) is 1.86. The minimum absolute atomic E-state index is 0.0222. The Morgan fingerprint density at radius 3 is 2.84 bits per heavy atom. The molecule has 1 unspecified atom stereocenters. The smallest absolute Gasteiger partial charge is 0.416 e. The van der Waals surface area contributed by atoms with Gasteiger partial charge in [0.1, 0.15) is 5.82 Å². The molecule has 1 N–H and O–H groups in total. The van der Waals surface area contributed by atoms with Gasteiger partial charge in [-0.05, 0) is 12.5 Å². The van der Waals surface area contributed by atoms with Gasteiger partial charge in [-0.2, -0.15) is 18.2 Å². The zero-order chi connectivity index (χ0) is 13.9. The summed E-state index contributed by atoms with van der Waals surface area (Å²) in [4.78, 5) is 3.95. The zero-order valence-electron chi connectivity index (χ0n) is 10.5. The Morgan fingerprint density at radius 1 is 1.47 bits per heavy atom. The molecule has 1 aromatic rings. The van der Waals surface area contributed by atoms with Crippen molar-refractivity contribution in [2.45, 2.75) is 12.6 Å². The Kier molecular flexibility index (Phi) is 4.14. The molecule has 0 saturated carbocycles. The molecular formula is C12H15F3N2O2. The average Bonchev–Trinajstić information content (AvgIpc) is 2.88. The second-order valence-corrected chi connectivity index (χ2v) is 4.37. The molecule has 0 amide bonds. The van der Waals surface area contributed by atoms with Gasteiger partial charge in [0.2, 0.25) is 5.88 Å². The van der Waals surface area contributed by atoms with Crippen molar-refractivity contribution in [2.24, 2.45) is 5.92 Å². The first-order valence-corrected chi connectivity index (χ1v) is 5.96. The number of hydrogen-bond acceptors (Lipinski definition) is 4. The number of ether oxygens (including phenoxy) is 2. The van der Waals surface area contributed by atoms with Gasteiger partial charge in [0.05, 0.1) is 18.8 Å². The lowest BCUT2D eigenvalue weighted by molar-refractivity contribution is -0.137. The van der Waals surface area contributed by atoms with E-state index in [-0.39, 0.29) is 17.6 Å². The number of rotatable bonds is 4. The molecule has 0 aliphatic carbocycles. The van der Waals surface area contributed by atoms with E-state index >= 15 is 0 Å². The molecule has 1 aliphatic rings. The second-order valence-electron chi connectivity index (χ2n) is 4.37. The van der Waals surface area contributed by atoms with Gasteiger partial charge < -0.3 is 14.8 Å². The van der Waals surface area contributed by atoms with Crippen molar-refractivity contribution in [3.8, 4) is 5.88 Å². The molecule has 1 atom stereocenters. The van der Waals surface area contributed by atoms with Gasteiger partial charge in [0.15, 0.2) is 0 Å². The third-order valence-electron chi connectivity index (χ3n) is 2.88. The van der Waals surface area contributed by atoms with Gasteiger partial charge in [-0.25, -0.2) is 0 Å². The Balaban J connectivity index is 2.10.